The zero-order valence-electron chi connectivity index (χ0n) is 18.6. The number of benzene rings is 1. The van der Waals surface area contributed by atoms with Crippen molar-refractivity contribution in [1.82, 2.24) is 25.3 Å². The number of nitrogens with one attached hydrogen (secondary N) is 2. The van der Waals surface area contributed by atoms with Crippen LogP contribution in [0.2, 0.25) is 0 Å². The van der Waals surface area contributed by atoms with Gasteiger partial charge < -0.3 is 15.5 Å². The highest BCUT2D eigenvalue weighted by Crippen LogP contribution is 2.39. The number of aliphatic imine (C=N–C) groups is 1. The Morgan fingerprint density at radius 2 is 2.07 bits per heavy atom. The molecule has 1 aliphatic carbocycles. The minimum Gasteiger partial charge on any atom is -0.357 e. The second-order valence-corrected chi connectivity index (χ2v) is 8.29. The molecule has 1 aromatic heterocycles. The quantitative estimate of drug-likeness (QED) is 0.543. The lowest BCUT2D eigenvalue weighted by Gasteiger charge is -2.29. The van der Waals surface area contributed by atoms with E-state index in [1.54, 1.807) is 11.1 Å². The van der Waals surface area contributed by atoms with Crippen molar-refractivity contribution in [3.05, 3.63) is 48.3 Å². The Morgan fingerprint density at radius 1 is 1.30 bits per heavy atom. The van der Waals surface area contributed by atoms with Crippen molar-refractivity contribution in [2.45, 2.75) is 45.6 Å². The third kappa shape index (κ3) is 5.01. The highest BCUT2D eigenvalue weighted by Gasteiger charge is 2.42. The first-order valence-electron chi connectivity index (χ1n) is 10.8. The SMILES string of the molecule is CCNC(=NCC1(C(=O)N(C)C)CCCC1)NC(C)c1cccc(-n2cccn2)c1. The van der Waals surface area contributed by atoms with Crippen LogP contribution < -0.4 is 10.6 Å². The van der Waals surface area contributed by atoms with Crippen LogP contribution in [0.5, 0.6) is 0 Å². The number of hydrogen-bond donors (Lipinski definition) is 2. The summed E-state index contributed by atoms with van der Waals surface area (Å²) in [6, 6.07) is 10.3. The van der Waals surface area contributed by atoms with E-state index in [-0.39, 0.29) is 17.4 Å². The zero-order chi connectivity index (χ0) is 21.6. The Labute approximate surface area is 179 Å². The normalized spacial score (nSPS) is 16.9. The standard InChI is InChI=1S/C23H34N6O/c1-5-24-22(25-17-23(12-6-7-13-23)21(30)28(3)4)27-18(2)19-10-8-11-20(16-19)29-15-9-14-26-29/h8-11,14-16,18H,5-7,12-13,17H2,1-4H3,(H2,24,25,27). The van der Waals surface area contributed by atoms with Gasteiger partial charge >= 0.3 is 0 Å². The Morgan fingerprint density at radius 3 is 2.70 bits per heavy atom. The molecule has 7 heteroatoms. The Kier molecular flexibility index (Phi) is 7.13. The van der Waals surface area contributed by atoms with Gasteiger partial charge in [-0.2, -0.15) is 5.10 Å². The maximum Gasteiger partial charge on any atom is 0.230 e. The molecule has 2 aromatic rings. The molecule has 3 rings (SSSR count). The number of guanidine groups is 1. The number of hydrogen-bond acceptors (Lipinski definition) is 3. The summed E-state index contributed by atoms with van der Waals surface area (Å²) >= 11 is 0. The topological polar surface area (TPSA) is 74.6 Å². The first kappa shape index (κ1) is 21.9. The van der Waals surface area contributed by atoms with Gasteiger partial charge in [0.05, 0.1) is 23.7 Å². The van der Waals surface area contributed by atoms with E-state index in [2.05, 4.69) is 41.7 Å². The largest absolute Gasteiger partial charge is 0.357 e. The molecule has 2 N–H and O–H groups in total. The molecule has 0 radical (unpaired) electrons. The van der Waals surface area contributed by atoms with Gasteiger partial charge in [0.15, 0.2) is 5.96 Å². The van der Waals surface area contributed by atoms with Crippen molar-refractivity contribution in [1.29, 1.82) is 0 Å². The van der Waals surface area contributed by atoms with E-state index in [1.165, 1.54) is 0 Å². The summed E-state index contributed by atoms with van der Waals surface area (Å²) in [5.41, 5.74) is 1.80. The van der Waals surface area contributed by atoms with E-state index in [0.29, 0.717) is 6.54 Å². The molecule has 1 saturated carbocycles. The van der Waals surface area contributed by atoms with Crippen molar-refractivity contribution in [3.63, 3.8) is 0 Å². The summed E-state index contributed by atoms with van der Waals surface area (Å²) in [6.45, 7) is 5.45. The summed E-state index contributed by atoms with van der Waals surface area (Å²) in [6.07, 6.45) is 7.72. The van der Waals surface area contributed by atoms with Gasteiger partial charge in [0.25, 0.3) is 0 Å². The molecule has 7 nitrogen and oxygen atoms in total. The van der Waals surface area contributed by atoms with Crippen molar-refractivity contribution in [3.8, 4) is 5.69 Å². The molecule has 1 heterocycles. The van der Waals surface area contributed by atoms with Crippen LogP contribution in [0.15, 0.2) is 47.7 Å². The molecule has 1 fully saturated rings. The highest BCUT2D eigenvalue weighted by atomic mass is 16.2. The van der Waals surface area contributed by atoms with Crippen molar-refractivity contribution < 1.29 is 4.79 Å². The zero-order valence-corrected chi connectivity index (χ0v) is 18.6. The van der Waals surface area contributed by atoms with Crippen LogP contribution in [0, 0.1) is 5.41 Å². The maximum atomic E-state index is 12.8. The lowest BCUT2D eigenvalue weighted by Crippen LogP contribution is -2.43. The second-order valence-electron chi connectivity index (χ2n) is 8.29. The van der Waals surface area contributed by atoms with Crippen molar-refractivity contribution >= 4 is 11.9 Å². The molecule has 30 heavy (non-hydrogen) atoms. The molecule has 162 valence electrons. The van der Waals surface area contributed by atoms with Gasteiger partial charge in [-0.3, -0.25) is 9.79 Å². The first-order chi connectivity index (χ1) is 14.4. The molecule has 1 aliphatic rings. The van der Waals surface area contributed by atoms with Crippen LogP contribution in [0.4, 0.5) is 0 Å². The number of nitrogens with zero attached hydrogens (tertiary/aromatic N) is 4. The number of amides is 1. The molecule has 1 unspecified atom stereocenters. The van der Waals surface area contributed by atoms with Crippen LogP contribution >= 0.6 is 0 Å². The van der Waals surface area contributed by atoms with E-state index >= 15 is 0 Å². The predicted octanol–water partition coefficient (Wildman–Crippen LogP) is 3.14. The Bertz CT molecular complexity index is 852. The maximum absolute atomic E-state index is 12.8. The average molecular weight is 411 g/mol. The minimum atomic E-state index is -0.366. The lowest BCUT2D eigenvalue weighted by atomic mass is 9.85. The van der Waals surface area contributed by atoms with Gasteiger partial charge in [-0.1, -0.05) is 25.0 Å². The summed E-state index contributed by atoms with van der Waals surface area (Å²) in [4.78, 5) is 19.4. The van der Waals surface area contributed by atoms with Gasteiger partial charge in [-0.15, -0.1) is 0 Å². The number of carbonyl (C=O) groups excluding carboxylic acids is 1. The van der Waals surface area contributed by atoms with E-state index in [0.717, 1.165) is 49.4 Å². The van der Waals surface area contributed by atoms with E-state index in [4.69, 9.17) is 4.99 Å². The van der Waals surface area contributed by atoms with Crippen LogP contribution in [0.1, 0.15) is 51.1 Å². The summed E-state index contributed by atoms with van der Waals surface area (Å²) in [5, 5.41) is 11.1. The Hall–Kier alpha value is -2.83. The molecule has 1 amide bonds. The van der Waals surface area contributed by atoms with Gasteiger partial charge in [-0.25, -0.2) is 4.68 Å². The summed E-state index contributed by atoms with van der Waals surface area (Å²) in [5.74, 6) is 0.937. The van der Waals surface area contributed by atoms with Crippen LogP contribution in [0.3, 0.4) is 0 Å². The minimum absolute atomic E-state index is 0.0578. The van der Waals surface area contributed by atoms with Crippen LogP contribution in [-0.4, -0.2) is 53.7 Å². The second kappa shape index (κ2) is 9.78. The smallest absolute Gasteiger partial charge is 0.230 e. The fourth-order valence-corrected chi connectivity index (χ4v) is 4.16. The monoisotopic (exact) mass is 410 g/mol. The van der Waals surface area contributed by atoms with E-state index in [9.17, 15) is 4.79 Å². The Balaban J connectivity index is 1.75. The number of rotatable bonds is 7. The molecule has 0 saturated heterocycles. The van der Waals surface area contributed by atoms with Gasteiger partial charge in [0.2, 0.25) is 5.91 Å². The molecular weight excluding hydrogens is 376 g/mol. The van der Waals surface area contributed by atoms with Crippen molar-refractivity contribution in [2.75, 3.05) is 27.2 Å². The lowest BCUT2D eigenvalue weighted by molar-refractivity contribution is -0.138. The van der Waals surface area contributed by atoms with Gasteiger partial charge in [0.1, 0.15) is 0 Å². The fourth-order valence-electron chi connectivity index (χ4n) is 4.16. The molecule has 0 aliphatic heterocycles. The fraction of sp³-hybridized carbons (Fsp3) is 0.522. The highest BCUT2D eigenvalue weighted by molar-refractivity contribution is 5.84. The number of aromatic nitrogens is 2. The summed E-state index contributed by atoms with van der Waals surface area (Å²) in [7, 11) is 3.68. The summed E-state index contributed by atoms with van der Waals surface area (Å²) < 4.78 is 1.85. The van der Waals surface area contributed by atoms with Gasteiger partial charge in [-0.05, 0) is 50.5 Å². The first-order valence-corrected chi connectivity index (χ1v) is 10.8. The molecular formula is C23H34N6O. The molecule has 1 aromatic carbocycles. The average Bonchev–Trinajstić information content (AvgIpc) is 3.44. The third-order valence-electron chi connectivity index (χ3n) is 5.80. The third-order valence-corrected chi connectivity index (χ3v) is 5.80. The van der Waals surface area contributed by atoms with Crippen LogP contribution in [-0.2, 0) is 4.79 Å². The molecule has 0 spiro atoms. The van der Waals surface area contributed by atoms with Gasteiger partial charge in [0, 0.05) is 33.0 Å². The number of carbonyl (C=O) groups is 1. The predicted molar refractivity (Wildman–Crippen MR) is 121 cm³/mol. The molecule has 0 bridgehead atoms. The molecule has 1 atom stereocenters. The van der Waals surface area contributed by atoms with E-state index in [1.807, 2.05) is 43.2 Å². The van der Waals surface area contributed by atoms with Crippen molar-refractivity contribution in [2.24, 2.45) is 10.4 Å². The van der Waals surface area contributed by atoms with Crippen LogP contribution in [0.25, 0.3) is 5.69 Å². The van der Waals surface area contributed by atoms with E-state index < -0.39 is 0 Å².